The molecule has 6 rings (SSSR count). The molecule has 4 heterocycles. The number of nitrogens with one attached hydrogen (secondary N) is 2. The minimum atomic E-state index is -1.88. The molecule has 0 saturated carbocycles. The zero-order valence-corrected chi connectivity index (χ0v) is 18.7. The maximum absolute atomic E-state index is 14.5. The summed E-state index contributed by atoms with van der Waals surface area (Å²) in [6, 6.07) is 7.40. The molecule has 1 spiro atoms. The molecule has 1 aromatic heterocycles. The van der Waals surface area contributed by atoms with Crippen molar-refractivity contribution in [3.63, 3.8) is 0 Å². The van der Waals surface area contributed by atoms with Gasteiger partial charge in [0.1, 0.15) is 16.8 Å². The summed E-state index contributed by atoms with van der Waals surface area (Å²) in [5, 5.41) is 4.34. The number of Topliss-reactive ketones (excluding diaryl/α,β-unsaturated/α-hetero) is 1. The van der Waals surface area contributed by atoms with Gasteiger partial charge in [-0.05, 0) is 50.1 Å². The second-order valence-corrected chi connectivity index (χ2v) is 8.56. The molecule has 176 valence electrons. The molecule has 3 aliphatic heterocycles. The summed E-state index contributed by atoms with van der Waals surface area (Å²) in [4.78, 5) is 49.7. The van der Waals surface area contributed by atoms with Gasteiger partial charge in [0, 0.05) is 41.2 Å². The average Bonchev–Trinajstić information content (AvgIpc) is 3.41. The average molecular weight is 473 g/mol. The molecule has 1 atom stereocenters. The lowest BCUT2D eigenvalue weighted by molar-refractivity contribution is -0.140. The van der Waals surface area contributed by atoms with E-state index in [0.29, 0.717) is 35.6 Å². The minimum absolute atomic E-state index is 0.0375. The summed E-state index contributed by atoms with van der Waals surface area (Å²) in [5.74, 6) is -1.75. The third kappa shape index (κ3) is 2.82. The molecule has 1 amide bonds. The highest BCUT2D eigenvalue weighted by Crippen LogP contribution is 2.56. The number of ketones is 1. The lowest BCUT2D eigenvalue weighted by Gasteiger charge is -2.42. The van der Waals surface area contributed by atoms with Crippen molar-refractivity contribution < 1.29 is 23.5 Å². The highest BCUT2D eigenvalue weighted by Gasteiger charge is 2.63. The maximum Gasteiger partial charge on any atom is 0.339 e. The van der Waals surface area contributed by atoms with Crippen LogP contribution in [0.1, 0.15) is 37.3 Å². The van der Waals surface area contributed by atoms with Crippen molar-refractivity contribution in [2.24, 2.45) is 4.99 Å². The van der Waals surface area contributed by atoms with Crippen molar-refractivity contribution >= 4 is 29.2 Å². The Kier molecular flexibility index (Phi) is 4.60. The van der Waals surface area contributed by atoms with Gasteiger partial charge >= 0.3 is 5.97 Å². The number of benzene rings is 1. The number of nitrogens with zero attached hydrogens (tertiary/aromatic N) is 3. The first kappa shape index (κ1) is 21.2. The highest BCUT2D eigenvalue weighted by molar-refractivity contribution is 6.23. The van der Waals surface area contributed by atoms with Crippen LogP contribution in [0.4, 0.5) is 10.1 Å². The molecule has 9 nitrogen and oxygen atoms in total. The van der Waals surface area contributed by atoms with E-state index in [1.54, 1.807) is 36.5 Å². The Balaban J connectivity index is 1.71. The molecule has 2 N–H and O–H groups in total. The van der Waals surface area contributed by atoms with E-state index in [1.165, 1.54) is 18.2 Å². The van der Waals surface area contributed by atoms with Crippen molar-refractivity contribution in [1.82, 2.24) is 15.4 Å². The predicted molar refractivity (Wildman–Crippen MR) is 122 cm³/mol. The third-order valence-electron chi connectivity index (χ3n) is 6.66. The highest BCUT2D eigenvalue weighted by atomic mass is 19.1. The van der Waals surface area contributed by atoms with Gasteiger partial charge in [0.25, 0.3) is 0 Å². The number of aliphatic imine (C=N–C) groups is 1. The van der Waals surface area contributed by atoms with E-state index in [4.69, 9.17) is 4.74 Å². The van der Waals surface area contributed by atoms with Gasteiger partial charge in [-0.3, -0.25) is 20.0 Å². The second-order valence-electron chi connectivity index (χ2n) is 8.56. The van der Waals surface area contributed by atoms with Crippen LogP contribution in [0.25, 0.3) is 0 Å². The number of carbonyl (C=O) groups excluding carboxylic acids is 3. The zero-order valence-electron chi connectivity index (χ0n) is 18.7. The van der Waals surface area contributed by atoms with E-state index < -0.39 is 23.1 Å². The van der Waals surface area contributed by atoms with Crippen LogP contribution >= 0.6 is 0 Å². The molecule has 1 aliphatic carbocycles. The zero-order chi connectivity index (χ0) is 24.3. The fourth-order valence-electron chi connectivity index (χ4n) is 5.32. The van der Waals surface area contributed by atoms with Crippen LogP contribution in [0.2, 0.25) is 0 Å². The SMILES string of the molecule is CCOC(=O)C1=C2N=C(c3cccnc3)NN2C2=C(C(=O)CCC2)C12C(=O)Nc1ccc(F)cc12. The van der Waals surface area contributed by atoms with Gasteiger partial charge < -0.3 is 10.1 Å². The smallest absolute Gasteiger partial charge is 0.339 e. The lowest BCUT2D eigenvalue weighted by Crippen LogP contribution is -2.52. The number of halogens is 1. The molecule has 0 bridgehead atoms. The van der Waals surface area contributed by atoms with Crippen LogP contribution in [0, 0.1) is 5.82 Å². The number of carbonyl (C=O) groups is 3. The van der Waals surface area contributed by atoms with Crippen LogP contribution in [-0.4, -0.2) is 40.1 Å². The molecule has 0 saturated heterocycles. The topological polar surface area (TPSA) is 113 Å². The molecular formula is C25H20FN5O4. The number of ether oxygens (including phenoxy) is 1. The Bertz CT molecular complexity index is 1410. The predicted octanol–water partition coefficient (Wildman–Crippen LogP) is 2.47. The van der Waals surface area contributed by atoms with Gasteiger partial charge in [0.2, 0.25) is 5.91 Å². The van der Waals surface area contributed by atoms with Gasteiger partial charge in [-0.2, -0.15) is 0 Å². The van der Waals surface area contributed by atoms with E-state index >= 15 is 0 Å². The van der Waals surface area contributed by atoms with Crippen LogP contribution in [0.3, 0.4) is 0 Å². The van der Waals surface area contributed by atoms with Crippen molar-refractivity contribution in [3.05, 3.63) is 82.3 Å². The first-order valence-corrected chi connectivity index (χ1v) is 11.3. The van der Waals surface area contributed by atoms with Crippen LogP contribution in [0.5, 0.6) is 0 Å². The number of esters is 1. The standard InChI is InChI=1S/C25H20FN5O4/c1-2-35-23(33)20-22-29-21(13-5-4-10-27-12-13)30-31(22)17-6-3-7-18(32)19(17)25(20)15-11-14(26)8-9-16(15)28-24(25)34/h4-5,8-12H,2-3,6-7H2,1H3,(H,28,34)(H,29,30). The lowest BCUT2D eigenvalue weighted by atomic mass is 9.63. The van der Waals surface area contributed by atoms with Crippen molar-refractivity contribution in [2.45, 2.75) is 31.6 Å². The monoisotopic (exact) mass is 473 g/mol. The van der Waals surface area contributed by atoms with E-state index in [0.717, 1.165) is 0 Å². The molecule has 10 heteroatoms. The van der Waals surface area contributed by atoms with E-state index in [-0.39, 0.29) is 41.3 Å². The van der Waals surface area contributed by atoms with Crippen molar-refractivity contribution in [2.75, 3.05) is 11.9 Å². The Morgan fingerprint density at radius 1 is 1.26 bits per heavy atom. The van der Waals surface area contributed by atoms with Gasteiger partial charge in [-0.1, -0.05) is 0 Å². The molecule has 2 aromatic rings. The van der Waals surface area contributed by atoms with E-state index in [2.05, 4.69) is 20.7 Å². The van der Waals surface area contributed by atoms with Crippen molar-refractivity contribution in [3.8, 4) is 0 Å². The van der Waals surface area contributed by atoms with Crippen LogP contribution < -0.4 is 10.7 Å². The molecule has 1 unspecified atom stereocenters. The molecule has 4 aliphatic rings. The van der Waals surface area contributed by atoms with Crippen LogP contribution in [-0.2, 0) is 24.5 Å². The van der Waals surface area contributed by atoms with Crippen molar-refractivity contribution in [1.29, 1.82) is 0 Å². The van der Waals surface area contributed by atoms with Crippen LogP contribution in [0.15, 0.2) is 70.4 Å². The molecular weight excluding hydrogens is 453 g/mol. The number of allylic oxidation sites excluding steroid dienone is 1. The molecule has 0 radical (unpaired) electrons. The number of hydrogen-bond acceptors (Lipinski definition) is 8. The fourth-order valence-corrected chi connectivity index (χ4v) is 5.32. The summed E-state index contributed by atoms with van der Waals surface area (Å²) in [7, 11) is 0. The summed E-state index contributed by atoms with van der Waals surface area (Å²) in [5.41, 5.74) is 3.03. The number of hydrogen-bond donors (Lipinski definition) is 2. The summed E-state index contributed by atoms with van der Waals surface area (Å²) >= 11 is 0. The number of fused-ring (bicyclic) bond motifs is 5. The number of aromatic nitrogens is 1. The van der Waals surface area contributed by atoms with Gasteiger partial charge in [-0.15, -0.1) is 0 Å². The number of hydrazine groups is 1. The van der Waals surface area contributed by atoms with Gasteiger partial charge in [0.15, 0.2) is 17.4 Å². The van der Waals surface area contributed by atoms with E-state index in [9.17, 15) is 18.8 Å². The number of anilines is 1. The number of rotatable bonds is 3. The normalized spacial score (nSPS) is 22.5. The molecule has 35 heavy (non-hydrogen) atoms. The molecule has 1 aromatic carbocycles. The summed E-state index contributed by atoms with van der Waals surface area (Å²) < 4.78 is 19.9. The minimum Gasteiger partial charge on any atom is -0.462 e. The van der Waals surface area contributed by atoms with Gasteiger partial charge in [-0.25, -0.2) is 19.2 Å². The Labute approximate surface area is 199 Å². The first-order chi connectivity index (χ1) is 17.0. The van der Waals surface area contributed by atoms with Gasteiger partial charge in [0.05, 0.1) is 12.3 Å². The second kappa shape index (κ2) is 7.59. The number of amides is 1. The van der Waals surface area contributed by atoms with E-state index in [1.807, 2.05) is 0 Å². The maximum atomic E-state index is 14.5. The number of pyridine rings is 1. The largest absolute Gasteiger partial charge is 0.462 e. The third-order valence-corrected chi connectivity index (χ3v) is 6.66. The summed E-state index contributed by atoms with van der Waals surface area (Å²) in [6.45, 7) is 1.68. The number of amidine groups is 1. The Morgan fingerprint density at radius 2 is 2.11 bits per heavy atom. The molecule has 0 fully saturated rings. The Morgan fingerprint density at radius 3 is 2.89 bits per heavy atom. The summed E-state index contributed by atoms with van der Waals surface area (Å²) in [6.07, 6.45) is 4.46. The first-order valence-electron chi connectivity index (χ1n) is 11.3. The fraction of sp³-hybridized carbons (Fsp3) is 0.240. The Hall–Kier alpha value is -4.34. The quantitative estimate of drug-likeness (QED) is 0.659.